The van der Waals surface area contributed by atoms with Crippen molar-refractivity contribution in [2.24, 2.45) is 11.3 Å². The minimum absolute atomic E-state index is 0.0154. The number of likely N-dealkylation sites (tertiary alicyclic amines) is 1. The van der Waals surface area contributed by atoms with Crippen molar-refractivity contribution in [3.05, 3.63) is 24.0 Å². The fourth-order valence-electron chi connectivity index (χ4n) is 3.70. The zero-order valence-electron chi connectivity index (χ0n) is 13.7. The van der Waals surface area contributed by atoms with Gasteiger partial charge in [-0.3, -0.25) is 14.7 Å². The van der Waals surface area contributed by atoms with Gasteiger partial charge in [0, 0.05) is 18.5 Å². The number of aromatic amines is 1. The standard InChI is InChI=1S/C17H20N4O4/c22-13-5-6-21(9-17(13,16(24)25)7-10-1-2-10)15(23)12-4-3-11-8-18-20-14(11)19-12/h3-4,8,10,13,22H,1-2,5-7,9H2,(H,24,25)(H,18,19,20)/t13-,17-/m1/s1. The van der Waals surface area contributed by atoms with Gasteiger partial charge in [0.15, 0.2) is 5.65 Å². The van der Waals surface area contributed by atoms with Gasteiger partial charge in [-0.25, -0.2) is 4.98 Å². The van der Waals surface area contributed by atoms with E-state index in [1.807, 2.05) is 0 Å². The second-order valence-corrected chi connectivity index (χ2v) is 7.14. The minimum Gasteiger partial charge on any atom is -0.481 e. The number of nitrogens with zero attached hydrogens (tertiary/aromatic N) is 3. The molecule has 0 aromatic carbocycles. The van der Waals surface area contributed by atoms with Crippen LogP contribution in [0.5, 0.6) is 0 Å². The smallest absolute Gasteiger partial charge is 0.314 e. The van der Waals surface area contributed by atoms with Gasteiger partial charge in [0.05, 0.1) is 12.3 Å². The number of H-pyrrole nitrogens is 1. The lowest BCUT2D eigenvalue weighted by molar-refractivity contribution is -0.163. The van der Waals surface area contributed by atoms with E-state index in [0.717, 1.165) is 18.2 Å². The van der Waals surface area contributed by atoms with E-state index in [-0.39, 0.29) is 24.6 Å². The quantitative estimate of drug-likeness (QED) is 0.762. The second-order valence-electron chi connectivity index (χ2n) is 7.14. The third kappa shape index (κ3) is 2.76. The van der Waals surface area contributed by atoms with E-state index in [4.69, 9.17) is 0 Å². The average Bonchev–Trinajstić information content (AvgIpc) is 3.28. The van der Waals surface area contributed by atoms with E-state index in [0.29, 0.717) is 24.5 Å². The van der Waals surface area contributed by atoms with Crippen LogP contribution in [0.25, 0.3) is 11.0 Å². The van der Waals surface area contributed by atoms with Gasteiger partial charge < -0.3 is 15.1 Å². The maximum atomic E-state index is 12.8. The Labute approximate surface area is 143 Å². The van der Waals surface area contributed by atoms with Crippen molar-refractivity contribution in [2.75, 3.05) is 13.1 Å². The highest BCUT2D eigenvalue weighted by molar-refractivity contribution is 5.95. The number of carboxylic acids is 1. The highest BCUT2D eigenvalue weighted by Crippen LogP contribution is 2.45. The molecular weight excluding hydrogens is 324 g/mol. The lowest BCUT2D eigenvalue weighted by Crippen LogP contribution is -2.57. The average molecular weight is 344 g/mol. The SMILES string of the molecule is O=C(c1ccc2cn[nH]c2n1)N1CC[C@@H](O)[C@](CC2CC2)(C(=O)O)C1. The van der Waals surface area contributed by atoms with Gasteiger partial charge in [-0.05, 0) is 30.9 Å². The van der Waals surface area contributed by atoms with Crippen LogP contribution in [0.4, 0.5) is 0 Å². The second kappa shape index (κ2) is 5.80. The molecule has 2 atom stereocenters. The van der Waals surface area contributed by atoms with Crippen LogP contribution in [-0.4, -0.2) is 61.4 Å². The number of pyridine rings is 1. The van der Waals surface area contributed by atoms with Gasteiger partial charge in [0.1, 0.15) is 11.1 Å². The van der Waals surface area contributed by atoms with Crippen molar-refractivity contribution in [1.29, 1.82) is 0 Å². The number of rotatable bonds is 4. The molecule has 2 fully saturated rings. The summed E-state index contributed by atoms with van der Waals surface area (Å²) in [4.78, 5) is 30.6. The number of carbonyl (C=O) groups excluding carboxylic acids is 1. The molecule has 25 heavy (non-hydrogen) atoms. The molecule has 0 unspecified atom stereocenters. The number of carbonyl (C=O) groups is 2. The van der Waals surface area contributed by atoms with E-state index in [1.54, 1.807) is 18.3 Å². The summed E-state index contributed by atoms with van der Waals surface area (Å²) >= 11 is 0. The topological polar surface area (TPSA) is 119 Å². The molecule has 1 saturated heterocycles. The summed E-state index contributed by atoms with van der Waals surface area (Å²) in [6.45, 7) is 0.337. The molecule has 4 rings (SSSR count). The first-order chi connectivity index (χ1) is 12.0. The van der Waals surface area contributed by atoms with Crippen LogP contribution in [0.1, 0.15) is 36.2 Å². The Kier molecular flexibility index (Phi) is 3.72. The van der Waals surface area contributed by atoms with Gasteiger partial charge in [0.25, 0.3) is 5.91 Å². The zero-order valence-corrected chi connectivity index (χ0v) is 13.7. The predicted molar refractivity (Wildman–Crippen MR) is 87.8 cm³/mol. The van der Waals surface area contributed by atoms with Gasteiger partial charge in [0.2, 0.25) is 0 Å². The number of carboxylic acid groups (broad SMARTS) is 1. The zero-order chi connectivity index (χ0) is 17.6. The fraction of sp³-hybridized carbons (Fsp3) is 0.529. The highest BCUT2D eigenvalue weighted by atomic mass is 16.4. The number of aromatic nitrogens is 3. The number of hydrogen-bond donors (Lipinski definition) is 3. The molecule has 1 aliphatic heterocycles. The van der Waals surface area contributed by atoms with Crippen molar-refractivity contribution in [1.82, 2.24) is 20.1 Å². The third-order valence-electron chi connectivity index (χ3n) is 5.37. The Morgan fingerprint density at radius 3 is 2.84 bits per heavy atom. The van der Waals surface area contributed by atoms with E-state index >= 15 is 0 Å². The summed E-state index contributed by atoms with van der Waals surface area (Å²) in [5, 5.41) is 27.6. The first kappa shape index (κ1) is 16.0. The molecule has 132 valence electrons. The number of hydrogen-bond acceptors (Lipinski definition) is 5. The maximum Gasteiger partial charge on any atom is 0.314 e. The molecule has 3 heterocycles. The molecule has 3 N–H and O–H groups in total. The summed E-state index contributed by atoms with van der Waals surface area (Å²) in [7, 11) is 0. The van der Waals surface area contributed by atoms with E-state index in [2.05, 4.69) is 15.2 Å². The Morgan fingerprint density at radius 1 is 1.32 bits per heavy atom. The summed E-state index contributed by atoms with van der Waals surface area (Å²) in [5.74, 6) is -1.01. The Balaban J connectivity index is 1.60. The highest BCUT2D eigenvalue weighted by Gasteiger charge is 2.52. The number of amides is 1. The summed E-state index contributed by atoms with van der Waals surface area (Å²) < 4.78 is 0. The van der Waals surface area contributed by atoms with Crippen molar-refractivity contribution < 1.29 is 19.8 Å². The number of fused-ring (bicyclic) bond motifs is 1. The monoisotopic (exact) mass is 344 g/mol. The van der Waals surface area contributed by atoms with Gasteiger partial charge in [-0.2, -0.15) is 5.10 Å². The fourth-order valence-corrected chi connectivity index (χ4v) is 3.70. The van der Waals surface area contributed by atoms with E-state index in [9.17, 15) is 19.8 Å². The number of aliphatic hydroxyl groups excluding tert-OH is 1. The van der Waals surface area contributed by atoms with Crippen LogP contribution < -0.4 is 0 Å². The molecule has 2 aliphatic rings. The lowest BCUT2D eigenvalue weighted by Gasteiger charge is -2.43. The van der Waals surface area contributed by atoms with E-state index in [1.165, 1.54) is 4.90 Å². The number of nitrogens with one attached hydrogen (secondary N) is 1. The molecule has 0 bridgehead atoms. The maximum absolute atomic E-state index is 12.8. The summed E-state index contributed by atoms with van der Waals surface area (Å²) in [6.07, 6.45) is 3.36. The Hall–Kier alpha value is -2.48. The predicted octanol–water partition coefficient (Wildman–Crippen LogP) is 1.04. The minimum atomic E-state index is -1.28. The van der Waals surface area contributed by atoms with Crippen molar-refractivity contribution >= 4 is 22.9 Å². The molecule has 2 aromatic heterocycles. The molecule has 0 spiro atoms. The lowest BCUT2D eigenvalue weighted by atomic mass is 9.73. The number of aliphatic hydroxyl groups is 1. The number of aliphatic carboxylic acids is 1. The van der Waals surface area contributed by atoms with Crippen LogP contribution >= 0.6 is 0 Å². The Bertz CT molecular complexity index is 831. The molecule has 0 radical (unpaired) electrons. The first-order valence-corrected chi connectivity index (χ1v) is 8.50. The summed E-state index contributed by atoms with van der Waals surface area (Å²) in [6, 6.07) is 3.38. The van der Waals surface area contributed by atoms with Crippen molar-refractivity contribution in [3.63, 3.8) is 0 Å². The molecule has 1 saturated carbocycles. The normalized spacial score (nSPS) is 26.8. The Morgan fingerprint density at radius 2 is 2.12 bits per heavy atom. The van der Waals surface area contributed by atoms with Crippen LogP contribution in [-0.2, 0) is 4.79 Å². The van der Waals surface area contributed by atoms with Crippen LogP contribution in [0.3, 0.4) is 0 Å². The third-order valence-corrected chi connectivity index (χ3v) is 5.37. The van der Waals surface area contributed by atoms with Crippen LogP contribution in [0.15, 0.2) is 18.3 Å². The molecule has 8 heteroatoms. The van der Waals surface area contributed by atoms with E-state index < -0.39 is 17.5 Å². The molecular formula is C17H20N4O4. The van der Waals surface area contributed by atoms with Crippen LogP contribution in [0.2, 0.25) is 0 Å². The number of piperidine rings is 1. The molecule has 1 amide bonds. The van der Waals surface area contributed by atoms with Crippen LogP contribution in [0, 0.1) is 11.3 Å². The van der Waals surface area contributed by atoms with Gasteiger partial charge >= 0.3 is 5.97 Å². The molecule has 1 aliphatic carbocycles. The largest absolute Gasteiger partial charge is 0.481 e. The molecule has 2 aromatic rings. The van der Waals surface area contributed by atoms with Crippen molar-refractivity contribution in [2.45, 2.75) is 31.8 Å². The first-order valence-electron chi connectivity index (χ1n) is 8.50. The molecule has 8 nitrogen and oxygen atoms in total. The van der Waals surface area contributed by atoms with Gasteiger partial charge in [-0.1, -0.05) is 12.8 Å². The van der Waals surface area contributed by atoms with Crippen molar-refractivity contribution in [3.8, 4) is 0 Å². The van der Waals surface area contributed by atoms with Gasteiger partial charge in [-0.15, -0.1) is 0 Å². The summed E-state index contributed by atoms with van der Waals surface area (Å²) in [5.41, 5.74) is -0.517.